The van der Waals surface area contributed by atoms with E-state index in [-0.39, 0.29) is 0 Å². The van der Waals surface area contributed by atoms with Gasteiger partial charge in [-0.2, -0.15) is 0 Å². The van der Waals surface area contributed by atoms with Crippen LogP contribution in [0.25, 0.3) is 21.8 Å². The monoisotopic (exact) mass is 248 g/mol. The molecule has 1 aliphatic heterocycles. The maximum atomic E-state index is 4.78. The Labute approximate surface area is 112 Å². The van der Waals surface area contributed by atoms with E-state index >= 15 is 0 Å². The molecule has 2 nitrogen and oxygen atoms in total. The quantitative estimate of drug-likeness (QED) is 0.605. The van der Waals surface area contributed by atoms with Gasteiger partial charge < -0.3 is 4.90 Å². The lowest BCUT2D eigenvalue weighted by atomic mass is 10.1. The van der Waals surface area contributed by atoms with E-state index in [1.807, 2.05) is 6.07 Å². The number of nitrogens with zero attached hydrogens (tertiary/aromatic N) is 2. The van der Waals surface area contributed by atoms with Crippen molar-refractivity contribution in [1.82, 2.24) is 4.98 Å². The molecule has 0 atom stereocenters. The first-order valence-corrected chi connectivity index (χ1v) is 6.95. The van der Waals surface area contributed by atoms with Gasteiger partial charge in [0.25, 0.3) is 0 Å². The van der Waals surface area contributed by atoms with Crippen molar-refractivity contribution in [2.24, 2.45) is 0 Å². The molecule has 2 heteroatoms. The summed E-state index contributed by atoms with van der Waals surface area (Å²) in [6, 6.07) is 17.1. The van der Waals surface area contributed by atoms with Gasteiger partial charge in [-0.1, -0.05) is 24.3 Å². The van der Waals surface area contributed by atoms with Gasteiger partial charge in [0, 0.05) is 29.5 Å². The zero-order chi connectivity index (χ0) is 12.7. The first kappa shape index (κ1) is 10.8. The Balaban J connectivity index is 2.00. The first-order chi connectivity index (χ1) is 9.42. The molecule has 2 aromatic carbocycles. The van der Waals surface area contributed by atoms with E-state index in [4.69, 9.17) is 4.98 Å². The summed E-state index contributed by atoms with van der Waals surface area (Å²) in [5, 5.41) is 2.50. The standard InChI is InChI=1S/C17H16N2/c1-2-7-15-13(6-1)12-14-16(18-15)8-5-9-17(14)19-10-3-4-11-19/h1-2,5-9,12H,3-4,10-11H2. The maximum absolute atomic E-state index is 4.78. The van der Waals surface area contributed by atoms with Crippen LogP contribution in [0.1, 0.15) is 12.8 Å². The Hall–Kier alpha value is -2.09. The van der Waals surface area contributed by atoms with Crippen molar-refractivity contribution in [2.75, 3.05) is 18.0 Å². The molecule has 1 fully saturated rings. The summed E-state index contributed by atoms with van der Waals surface area (Å²) < 4.78 is 0. The molecule has 1 aliphatic rings. The second-order valence-electron chi connectivity index (χ2n) is 5.22. The molecule has 19 heavy (non-hydrogen) atoms. The highest BCUT2D eigenvalue weighted by Gasteiger charge is 2.15. The zero-order valence-corrected chi connectivity index (χ0v) is 10.8. The summed E-state index contributed by atoms with van der Waals surface area (Å²) in [5.74, 6) is 0. The number of benzene rings is 2. The van der Waals surface area contributed by atoms with Crippen LogP contribution in [0.2, 0.25) is 0 Å². The molecule has 0 unspecified atom stereocenters. The summed E-state index contributed by atoms with van der Waals surface area (Å²) >= 11 is 0. The van der Waals surface area contributed by atoms with Crippen molar-refractivity contribution in [3.63, 3.8) is 0 Å². The number of hydrogen-bond acceptors (Lipinski definition) is 2. The van der Waals surface area contributed by atoms with Gasteiger partial charge in [-0.3, -0.25) is 0 Å². The van der Waals surface area contributed by atoms with Gasteiger partial charge in [0.2, 0.25) is 0 Å². The third-order valence-corrected chi connectivity index (χ3v) is 3.98. The van der Waals surface area contributed by atoms with E-state index in [9.17, 15) is 0 Å². The Morgan fingerprint density at radius 2 is 1.63 bits per heavy atom. The predicted molar refractivity (Wildman–Crippen MR) is 80.7 cm³/mol. The van der Waals surface area contributed by atoms with Crippen LogP contribution in [-0.2, 0) is 0 Å². The van der Waals surface area contributed by atoms with Crippen molar-refractivity contribution in [2.45, 2.75) is 12.8 Å². The van der Waals surface area contributed by atoms with E-state index in [1.165, 1.54) is 42.4 Å². The lowest BCUT2D eigenvalue weighted by Gasteiger charge is -2.19. The molecule has 94 valence electrons. The van der Waals surface area contributed by atoms with Crippen LogP contribution in [0, 0.1) is 0 Å². The van der Waals surface area contributed by atoms with Crippen LogP contribution in [-0.4, -0.2) is 18.1 Å². The molecule has 0 aliphatic carbocycles. The number of fused-ring (bicyclic) bond motifs is 2. The van der Waals surface area contributed by atoms with Gasteiger partial charge in [-0.05, 0) is 37.1 Å². The summed E-state index contributed by atoms with van der Waals surface area (Å²) in [4.78, 5) is 7.27. The third kappa shape index (κ3) is 1.75. The minimum Gasteiger partial charge on any atom is -0.371 e. The fourth-order valence-electron chi connectivity index (χ4n) is 3.02. The SMILES string of the molecule is c1ccc2nc3cccc(N4CCCC4)c3cc2c1. The topological polar surface area (TPSA) is 16.1 Å². The molecule has 0 saturated carbocycles. The van der Waals surface area contributed by atoms with Crippen LogP contribution in [0.4, 0.5) is 5.69 Å². The van der Waals surface area contributed by atoms with Crippen molar-refractivity contribution < 1.29 is 0 Å². The number of rotatable bonds is 1. The highest BCUT2D eigenvalue weighted by Crippen LogP contribution is 2.30. The van der Waals surface area contributed by atoms with Crippen LogP contribution in [0.3, 0.4) is 0 Å². The van der Waals surface area contributed by atoms with Crippen LogP contribution in [0.15, 0.2) is 48.5 Å². The number of anilines is 1. The molecule has 0 bridgehead atoms. The van der Waals surface area contributed by atoms with Crippen molar-refractivity contribution in [1.29, 1.82) is 0 Å². The maximum Gasteiger partial charge on any atom is 0.0730 e. The van der Waals surface area contributed by atoms with E-state index in [0.717, 1.165) is 11.0 Å². The molecule has 4 rings (SSSR count). The minimum atomic E-state index is 1.08. The smallest absolute Gasteiger partial charge is 0.0730 e. The number of hydrogen-bond donors (Lipinski definition) is 0. The molecule has 1 aromatic heterocycles. The minimum absolute atomic E-state index is 1.08. The highest BCUT2D eigenvalue weighted by molar-refractivity contribution is 5.99. The van der Waals surface area contributed by atoms with Gasteiger partial charge in [-0.25, -0.2) is 4.98 Å². The van der Waals surface area contributed by atoms with Crippen molar-refractivity contribution in [3.05, 3.63) is 48.5 Å². The van der Waals surface area contributed by atoms with Crippen LogP contribution in [0.5, 0.6) is 0 Å². The molecule has 3 aromatic rings. The molecular formula is C17H16N2. The normalized spacial score (nSPS) is 15.5. The highest BCUT2D eigenvalue weighted by atomic mass is 15.1. The van der Waals surface area contributed by atoms with Gasteiger partial charge in [0.1, 0.15) is 0 Å². The van der Waals surface area contributed by atoms with Crippen molar-refractivity contribution in [3.8, 4) is 0 Å². The Bertz CT molecular complexity index is 742. The first-order valence-electron chi connectivity index (χ1n) is 6.95. The molecule has 1 saturated heterocycles. The summed E-state index contributed by atoms with van der Waals surface area (Å²) in [5.41, 5.74) is 3.52. The van der Waals surface area contributed by atoms with E-state index in [0.29, 0.717) is 0 Å². The lowest BCUT2D eigenvalue weighted by molar-refractivity contribution is 0.949. The largest absolute Gasteiger partial charge is 0.371 e. The molecule has 0 radical (unpaired) electrons. The zero-order valence-electron chi connectivity index (χ0n) is 10.8. The fraction of sp³-hybridized carbons (Fsp3) is 0.235. The summed E-state index contributed by atoms with van der Waals surface area (Å²) in [6.45, 7) is 2.35. The average Bonchev–Trinajstić information content (AvgIpc) is 2.98. The molecule has 2 heterocycles. The van der Waals surface area contributed by atoms with Crippen LogP contribution < -0.4 is 4.90 Å². The van der Waals surface area contributed by atoms with Gasteiger partial charge in [0.05, 0.1) is 11.0 Å². The predicted octanol–water partition coefficient (Wildman–Crippen LogP) is 3.99. The Morgan fingerprint density at radius 1 is 0.842 bits per heavy atom. The molecule has 0 amide bonds. The number of pyridine rings is 1. The van der Waals surface area contributed by atoms with E-state index in [2.05, 4.69) is 47.4 Å². The van der Waals surface area contributed by atoms with Gasteiger partial charge in [-0.15, -0.1) is 0 Å². The second-order valence-corrected chi connectivity index (χ2v) is 5.22. The molecule has 0 spiro atoms. The fourth-order valence-corrected chi connectivity index (χ4v) is 3.02. The summed E-state index contributed by atoms with van der Waals surface area (Å²) in [6.07, 6.45) is 2.61. The average molecular weight is 248 g/mol. The molecule has 0 N–H and O–H groups in total. The number of para-hydroxylation sites is 1. The van der Waals surface area contributed by atoms with E-state index in [1.54, 1.807) is 0 Å². The lowest BCUT2D eigenvalue weighted by Crippen LogP contribution is -2.17. The van der Waals surface area contributed by atoms with E-state index < -0.39 is 0 Å². The summed E-state index contributed by atoms with van der Waals surface area (Å²) in [7, 11) is 0. The Kier molecular flexibility index (Phi) is 2.41. The van der Waals surface area contributed by atoms with Crippen molar-refractivity contribution >= 4 is 27.5 Å². The van der Waals surface area contributed by atoms with Gasteiger partial charge in [0.15, 0.2) is 0 Å². The Morgan fingerprint density at radius 3 is 2.53 bits per heavy atom. The molecular weight excluding hydrogens is 232 g/mol. The van der Waals surface area contributed by atoms with Gasteiger partial charge >= 0.3 is 0 Å². The number of aromatic nitrogens is 1. The third-order valence-electron chi connectivity index (χ3n) is 3.98. The second kappa shape index (κ2) is 4.23. The van der Waals surface area contributed by atoms with Crippen LogP contribution >= 0.6 is 0 Å².